The molecular weight excluding hydrogens is 378 g/mol. The molecule has 2 nitrogen and oxygen atoms in total. The second kappa shape index (κ2) is 6.08. The van der Waals surface area contributed by atoms with Crippen LogP contribution in [0.2, 0.25) is 0 Å². The Morgan fingerprint density at radius 3 is 2.67 bits per heavy atom. The molecule has 1 aromatic carbocycles. The number of thiophene rings is 1. The van der Waals surface area contributed by atoms with E-state index in [1.165, 1.54) is 4.88 Å². The molecule has 0 aliphatic heterocycles. The molecule has 0 spiro atoms. The molecule has 5 heteroatoms. The van der Waals surface area contributed by atoms with Gasteiger partial charge in [-0.2, -0.15) is 0 Å². The van der Waals surface area contributed by atoms with Gasteiger partial charge in [0.2, 0.25) is 0 Å². The molecule has 0 aliphatic carbocycles. The summed E-state index contributed by atoms with van der Waals surface area (Å²) in [4.78, 5) is 1.31. The lowest BCUT2D eigenvalue weighted by atomic mass is 10.2. The van der Waals surface area contributed by atoms with Crippen molar-refractivity contribution in [3.8, 4) is 5.75 Å². The molecule has 0 radical (unpaired) electrons. The highest BCUT2D eigenvalue weighted by Gasteiger charge is 2.11. The van der Waals surface area contributed by atoms with Crippen LogP contribution in [0.3, 0.4) is 0 Å². The van der Waals surface area contributed by atoms with E-state index in [4.69, 9.17) is 4.74 Å². The maximum absolute atomic E-state index is 5.31. The Hall–Kier alpha value is -0.520. The summed E-state index contributed by atoms with van der Waals surface area (Å²) in [6, 6.07) is 8.44. The van der Waals surface area contributed by atoms with Gasteiger partial charge in [0.05, 0.1) is 23.3 Å². The molecule has 0 aliphatic rings. The summed E-state index contributed by atoms with van der Waals surface area (Å²) in [5.74, 6) is 0.819. The van der Waals surface area contributed by atoms with Crippen LogP contribution in [0.15, 0.2) is 38.6 Å². The van der Waals surface area contributed by atoms with Gasteiger partial charge in [0.25, 0.3) is 0 Å². The fourth-order valence-corrected chi connectivity index (χ4v) is 3.64. The van der Waals surface area contributed by atoms with Crippen molar-refractivity contribution in [1.82, 2.24) is 0 Å². The number of methoxy groups -OCH3 is 1. The van der Waals surface area contributed by atoms with Crippen LogP contribution in [0.25, 0.3) is 0 Å². The van der Waals surface area contributed by atoms with Crippen molar-refractivity contribution < 1.29 is 4.74 Å². The van der Waals surface area contributed by atoms with Crippen molar-refractivity contribution in [2.45, 2.75) is 13.0 Å². The highest BCUT2D eigenvalue weighted by atomic mass is 79.9. The normalized spacial score (nSPS) is 12.2. The summed E-state index contributed by atoms with van der Waals surface area (Å²) in [5, 5.41) is 5.57. The van der Waals surface area contributed by atoms with Crippen molar-refractivity contribution in [2.75, 3.05) is 12.4 Å². The molecule has 0 saturated carbocycles. The van der Waals surface area contributed by atoms with Gasteiger partial charge in [-0.25, -0.2) is 0 Å². The van der Waals surface area contributed by atoms with Crippen molar-refractivity contribution in [1.29, 1.82) is 0 Å². The number of hydrogen-bond acceptors (Lipinski definition) is 3. The van der Waals surface area contributed by atoms with Gasteiger partial charge in [-0.1, -0.05) is 6.07 Å². The highest BCUT2D eigenvalue weighted by Crippen LogP contribution is 2.36. The Labute approximate surface area is 128 Å². The molecule has 0 amide bonds. The molecule has 1 unspecified atom stereocenters. The molecule has 0 fully saturated rings. The van der Waals surface area contributed by atoms with E-state index in [1.807, 2.05) is 12.1 Å². The van der Waals surface area contributed by atoms with E-state index in [0.717, 1.165) is 20.4 Å². The van der Waals surface area contributed by atoms with Crippen LogP contribution in [0.1, 0.15) is 17.8 Å². The van der Waals surface area contributed by atoms with Crippen LogP contribution in [-0.4, -0.2) is 7.11 Å². The summed E-state index contributed by atoms with van der Waals surface area (Å²) in [6.07, 6.45) is 0. The lowest BCUT2D eigenvalue weighted by Crippen LogP contribution is -2.05. The number of rotatable bonds is 4. The summed E-state index contributed by atoms with van der Waals surface area (Å²) in [6.45, 7) is 2.15. The van der Waals surface area contributed by atoms with Crippen LogP contribution in [0.4, 0.5) is 5.69 Å². The first kappa shape index (κ1) is 13.9. The largest absolute Gasteiger partial charge is 0.495 e. The first-order valence-electron chi connectivity index (χ1n) is 5.44. The Kier molecular flexibility index (Phi) is 4.70. The molecule has 2 aromatic rings. The van der Waals surface area contributed by atoms with Gasteiger partial charge >= 0.3 is 0 Å². The van der Waals surface area contributed by atoms with Gasteiger partial charge in [-0.15, -0.1) is 11.3 Å². The second-order valence-electron chi connectivity index (χ2n) is 3.85. The van der Waals surface area contributed by atoms with Crippen LogP contribution in [-0.2, 0) is 0 Å². The van der Waals surface area contributed by atoms with E-state index in [1.54, 1.807) is 18.4 Å². The smallest absolute Gasteiger partial charge is 0.135 e. The Morgan fingerprint density at radius 1 is 1.28 bits per heavy atom. The maximum atomic E-state index is 5.31. The molecule has 96 valence electrons. The van der Waals surface area contributed by atoms with Crippen LogP contribution >= 0.6 is 43.2 Å². The van der Waals surface area contributed by atoms with Crippen LogP contribution < -0.4 is 10.1 Å². The predicted octanol–water partition coefficient (Wildman–Crippen LogP) is 5.45. The van der Waals surface area contributed by atoms with Crippen molar-refractivity contribution in [3.05, 3.63) is 43.5 Å². The highest BCUT2D eigenvalue weighted by molar-refractivity contribution is 9.11. The van der Waals surface area contributed by atoms with Crippen molar-refractivity contribution in [2.24, 2.45) is 0 Å². The summed E-state index contributed by atoms with van der Waals surface area (Å²) in [5.41, 5.74) is 1.02. The van der Waals surface area contributed by atoms with Crippen molar-refractivity contribution in [3.63, 3.8) is 0 Å². The topological polar surface area (TPSA) is 21.3 Å². The SMILES string of the molecule is COc1cc(NC(C)c2cccs2)c(Br)cc1Br. The van der Waals surface area contributed by atoms with Crippen LogP contribution in [0, 0.1) is 0 Å². The van der Waals surface area contributed by atoms with Gasteiger partial charge in [-0.3, -0.25) is 0 Å². The van der Waals surface area contributed by atoms with E-state index in [0.29, 0.717) is 0 Å². The van der Waals surface area contributed by atoms with Gasteiger partial charge in [-0.05, 0) is 56.3 Å². The Balaban J connectivity index is 2.23. The first-order valence-corrected chi connectivity index (χ1v) is 7.91. The van der Waals surface area contributed by atoms with Gasteiger partial charge < -0.3 is 10.1 Å². The fraction of sp³-hybridized carbons (Fsp3) is 0.231. The van der Waals surface area contributed by atoms with Gasteiger partial charge in [0.1, 0.15) is 5.75 Å². The summed E-state index contributed by atoms with van der Waals surface area (Å²) in [7, 11) is 1.67. The third-order valence-electron chi connectivity index (χ3n) is 2.58. The molecule has 18 heavy (non-hydrogen) atoms. The number of hydrogen-bond donors (Lipinski definition) is 1. The zero-order valence-electron chi connectivity index (χ0n) is 10.0. The number of ether oxygens (including phenoxy) is 1. The fourth-order valence-electron chi connectivity index (χ4n) is 1.64. The monoisotopic (exact) mass is 389 g/mol. The van der Waals surface area contributed by atoms with Gasteiger partial charge in [0.15, 0.2) is 0 Å². The average molecular weight is 391 g/mol. The minimum absolute atomic E-state index is 0.271. The zero-order chi connectivity index (χ0) is 13.1. The van der Waals surface area contributed by atoms with E-state index in [-0.39, 0.29) is 6.04 Å². The van der Waals surface area contributed by atoms with Gasteiger partial charge in [0, 0.05) is 15.4 Å². The number of benzene rings is 1. The van der Waals surface area contributed by atoms with E-state index < -0.39 is 0 Å². The molecular formula is C13H13Br2NOS. The lowest BCUT2D eigenvalue weighted by molar-refractivity contribution is 0.412. The summed E-state index contributed by atoms with van der Waals surface area (Å²) < 4.78 is 7.26. The Bertz CT molecular complexity index is 528. The Morgan fingerprint density at radius 2 is 2.06 bits per heavy atom. The quantitative estimate of drug-likeness (QED) is 0.748. The average Bonchev–Trinajstić information content (AvgIpc) is 2.86. The minimum Gasteiger partial charge on any atom is -0.495 e. The number of nitrogens with one attached hydrogen (secondary N) is 1. The number of halogens is 2. The van der Waals surface area contributed by atoms with E-state index in [2.05, 4.69) is 61.6 Å². The predicted molar refractivity (Wildman–Crippen MR) is 84.8 cm³/mol. The molecule has 1 atom stereocenters. The lowest BCUT2D eigenvalue weighted by Gasteiger charge is -2.16. The maximum Gasteiger partial charge on any atom is 0.135 e. The third-order valence-corrected chi connectivity index (χ3v) is 4.91. The number of anilines is 1. The zero-order valence-corrected chi connectivity index (χ0v) is 14.0. The third kappa shape index (κ3) is 3.08. The summed E-state index contributed by atoms with van der Waals surface area (Å²) >= 11 is 8.77. The molecule has 0 bridgehead atoms. The molecule has 0 saturated heterocycles. The van der Waals surface area contributed by atoms with E-state index >= 15 is 0 Å². The van der Waals surface area contributed by atoms with Crippen LogP contribution in [0.5, 0.6) is 5.75 Å². The van der Waals surface area contributed by atoms with E-state index in [9.17, 15) is 0 Å². The molecule has 1 heterocycles. The standard InChI is InChI=1S/C13H13Br2NOS/c1-8(13-4-3-5-18-13)16-11-7-12(17-2)10(15)6-9(11)14/h3-8,16H,1-2H3. The molecule has 1 N–H and O–H groups in total. The first-order chi connectivity index (χ1) is 8.61. The molecule has 2 rings (SSSR count). The second-order valence-corrected chi connectivity index (χ2v) is 6.54. The van der Waals surface area contributed by atoms with Crippen molar-refractivity contribution >= 4 is 48.9 Å². The minimum atomic E-state index is 0.271. The molecule has 1 aromatic heterocycles.